The Balaban J connectivity index is 1.40. The van der Waals surface area contributed by atoms with Gasteiger partial charge in [0, 0.05) is 11.3 Å². The van der Waals surface area contributed by atoms with Crippen molar-refractivity contribution in [1.29, 1.82) is 0 Å². The van der Waals surface area contributed by atoms with Crippen LogP contribution >= 0.6 is 23.1 Å². The van der Waals surface area contributed by atoms with Crippen LogP contribution in [0.5, 0.6) is 11.5 Å². The zero-order chi connectivity index (χ0) is 31.5. The molecule has 0 aliphatic carbocycles. The van der Waals surface area contributed by atoms with Gasteiger partial charge in [0.1, 0.15) is 5.76 Å². The maximum Gasteiger partial charge on any atom is 0.301 e. The minimum atomic E-state index is -0.968. The fourth-order valence-electron chi connectivity index (χ4n) is 5.37. The van der Waals surface area contributed by atoms with Gasteiger partial charge in [-0.2, -0.15) is 0 Å². The lowest BCUT2D eigenvalue weighted by Crippen LogP contribution is -2.29. The van der Waals surface area contributed by atoms with E-state index >= 15 is 0 Å². The van der Waals surface area contributed by atoms with Crippen LogP contribution in [-0.2, 0) is 15.3 Å². The Morgan fingerprint density at radius 3 is 2.42 bits per heavy atom. The summed E-state index contributed by atoms with van der Waals surface area (Å²) in [6.07, 6.45) is 0. The second-order valence-corrected chi connectivity index (χ2v) is 12.6. The van der Waals surface area contributed by atoms with Gasteiger partial charge in [0.2, 0.25) is 5.13 Å². The predicted molar refractivity (Wildman–Crippen MR) is 178 cm³/mol. The van der Waals surface area contributed by atoms with Gasteiger partial charge in [-0.1, -0.05) is 101 Å². The van der Waals surface area contributed by atoms with Crippen LogP contribution < -0.4 is 14.4 Å². The second-order valence-electron chi connectivity index (χ2n) is 10.4. The van der Waals surface area contributed by atoms with E-state index in [1.807, 2.05) is 51.1 Å². The molecule has 1 unspecified atom stereocenters. The van der Waals surface area contributed by atoms with Gasteiger partial charge < -0.3 is 14.6 Å². The summed E-state index contributed by atoms with van der Waals surface area (Å²) in [7, 11) is 0. The molecule has 1 fully saturated rings. The number of carbonyl (C=O) groups is 2. The van der Waals surface area contributed by atoms with E-state index in [4.69, 9.17) is 9.47 Å². The first-order chi connectivity index (χ1) is 21.9. The number of nitrogens with zero attached hydrogens (tertiary/aromatic N) is 3. The first-order valence-electron chi connectivity index (χ1n) is 14.6. The van der Waals surface area contributed by atoms with E-state index in [0.717, 1.165) is 16.5 Å². The van der Waals surface area contributed by atoms with Gasteiger partial charge in [-0.3, -0.25) is 14.5 Å². The van der Waals surface area contributed by atoms with Gasteiger partial charge in [-0.25, -0.2) is 0 Å². The SMILES string of the molecule is CCOc1ccc(C2/C(=C(\O)c3ccc(C)cc3)C(=O)C(=O)N2c2nnc(SCc3cccc4ccccc34)s2)cc1OCC. The summed E-state index contributed by atoms with van der Waals surface area (Å²) in [4.78, 5) is 28.7. The Morgan fingerprint density at radius 2 is 1.64 bits per heavy atom. The Bertz CT molecular complexity index is 1910. The van der Waals surface area contributed by atoms with Crippen molar-refractivity contribution >= 4 is 56.5 Å². The van der Waals surface area contributed by atoms with Crippen molar-refractivity contribution in [1.82, 2.24) is 10.2 Å². The van der Waals surface area contributed by atoms with Crippen molar-refractivity contribution in [3.63, 3.8) is 0 Å². The average Bonchev–Trinajstić information content (AvgIpc) is 3.62. The molecule has 1 N–H and O–H groups in total. The minimum Gasteiger partial charge on any atom is -0.507 e. The monoisotopic (exact) mass is 637 g/mol. The van der Waals surface area contributed by atoms with Crippen LogP contribution in [-0.4, -0.2) is 40.2 Å². The number of aliphatic hydroxyl groups excluding tert-OH is 1. The highest BCUT2D eigenvalue weighted by atomic mass is 32.2. The number of hydrogen-bond acceptors (Lipinski definition) is 9. The quantitative estimate of drug-likeness (QED) is 0.0546. The Hall–Kier alpha value is -4.67. The van der Waals surface area contributed by atoms with Crippen molar-refractivity contribution in [3.05, 3.63) is 113 Å². The molecule has 45 heavy (non-hydrogen) atoms. The first-order valence-corrected chi connectivity index (χ1v) is 16.4. The largest absolute Gasteiger partial charge is 0.507 e. The molecule has 8 nitrogen and oxygen atoms in total. The summed E-state index contributed by atoms with van der Waals surface area (Å²) in [5, 5.41) is 22.8. The molecule has 0 spiro atoms. The number of fused-ring (bicyclic) bond motifs is 1. The Kier molecular flexibility index (Phi) is 8.86. The molecular formula is C35H31N3O5S2. The maximum atomic E-state index is 13.7. The van der Waals surface area contributed by atoms with Crippen molar-refractivity contribution in [2.24, 2.45) is 0 Å². The van der Waals surface area contributed by atoms with Crippen LogP contribution in [0.4, 0.5) is 5.13 Å². The van der Waals surface area contributed by atoms with Crippen molar-refractivity contribution in [2.75, 3.05) is 18.1 Å². The Morgan fingerprint density at radius 1 is 0.911 bits per heavy atom. The zero-order valence-corrected chi connectivity index (χ0v) is 26.7. The molecule has 1 amide bonds. The summed E-state index contributed by atoms with van der Waals surface area (Å²) in [6.45, 7) is 6.51. The number of benzene rings is 4. The van der Waals surface area contributed by atoms with Gasteiger partial charge in [0.05, 0.1) is 24.8 Å². The van der Waals surface area contributed by atoms with Gasteiger partial charge in [-0.15, -0.1) is 10.2 Å². The van der Waals surface area contributed by atoms with E-state index in [1.54, 1.807) is 30.3 Å². The van der Waals surface area contributed by atoms with Crippen LogP contribution in [0.2, 0.25) is 0 Å². The molecule has 1 aromatic heterocycles. The lowest BCUT2D eigenvalue weighted by Gasteiger charge is -2.23. The van der Waals surface area contributed by atoms with E-state index < -0.39 is 17.7 Å². The number of thioether (sulfide) groups is 1. The summed E-state index contributed by atoms with van der Waals surface area (Å²) >= 11 is 2.74. The highest BCUT2D eigenvalue weighted by molar-refractivity contribution is 8.00. The smallest absolute Gasteiger partial charge is 0.301 e. The average molecular weight is 638 g/mol. The number of aromatic nitrogens is 2. The third-order valence-electron chi connectivity index (χ3n) is 7.49. The number of ether oxygens (including phenoxy) is 2. The molecule has 1 aliphatic rings. The number of aliphatic hydroxyl groups is 1. The van der Waals surface area contributed by atoms with Crippen molar-refractivity contribution < 1.29 is 24.2 Å². The number of rotatable bonds is 10. The van der Waals surface area contributed by atoms with Crippen LogP contribution in [0.3, 0.4) is 0 Å². The third kappa shape index (κ3) is 6.03. The van der Waals surface area contributed by atoms with Gasteiger partial charge in [0.25, 0.3) is 5.78 Å². The van der Waals surface area contributed by atoms with Crippen LogP contribution in [0.1, 0.15) is 42.1 Å². The van der Waals surface area contributed by atoms with Gasteiger partial charge in [0.15, 0.2) is 15.8 Å². The van der Waals surface area contributed by atoms with Crippen molar-refractivity contribution in [2.45, 2.75) is 36.9 Å². The maximum absolute atomic E-state index is 13.7. The van der Waals surface area contributed by atoms with Crippen LogP contribution in [0.25, 0.3) is 16.5 Å². The molecule has 228 valence electrons. The highest BCUT2D eigenvalue weighted by Gasteiger charge is 2.48. The summed E-state index contributed by atoms with van der Waals surface area (Å²) < 4.78 is 12.3. The van der Waals surface area contributed by atoms with E-state index in [-0.39, 0.29) is 16.5 Å². The normalized spacial score (nSPS) is 16.0. The number of hydrogen-bond donors (Lipinski definition) is 1. The van der Waals surface area contributed by atoms with E-state index in [9.17, 15) is 14.7 Å². The summed E-state index contributed by atoms with van der Waals surface area (Å²) in [6, 6.07) is 25.9. The number of amides is 1. The standard InChI is InChI=1S/C35H31N3O5S2/c1-4-42-27-18-17-24(19-28(27)43-5-2)30-29(31(39)23-15-13-21(3)14-16-23)32(40)33(41)38(30)34-36-37-35(45-34)44-20-25-11-8-10-22-9-6-7-12-26(22)25/h6-19,30,39H,4-5,20H2,1-3H3/b31-29+. The number of aryl methyl sites for hydroxylation is 1. The van der Waals surface area contributed by atoms with Gasteiger partial charge >= 0.3 is 5.91 Å². The molecule has 0 saturated carbocycles. The van der Waals surface area contributed by atoms with Crippen molar-refractivity contribution in [3.8, 4) is 11.5 Å². The fraction of sp³-hybridized carbons (Fsp3) is 0.200. The first kappa shape index (κ1) is 30.4. The summed E-state index contributed by atoms with van der Waals surface area (Å²) in [5.41, 5.74) is 3.12. The third-order valence-corrected chi connectivity index (χ3v) is 9.59. The second kappa shape index (κ2) is 13.1. The van der Waals surface area contributed by atoms with E-state index in [1.165, 1.54) is 33.4 Å². The number of ketones is 1. The molecule has 1 saturated heterocycles. The molecule has 0 bridgehead atoms. The fourth-order valence-corrected chi connectivity index (χ4v) is 7.24. The lowest BCUT2D eigenvalue weighted by atomic mass is 9.95. The van der Waals surface area contributed by atoms with E-state index in [2.05, 4.69) is 34.5 Å². The van der Waals surface area contributed by atoms with Gasteiger partial charge in [-0.05, 0) is 54.8 Å². The molecule has 5 aromatic rings. The molecule has 4 aromatic carbocycles. The molecule has 0 radical (unpaired) electrons. The molecule has 6 rings (SSSR count). The van der Waals surface area contributed by atoms with Crippen LogP contribution in [0.15, 0.2) is 94.8 Å². The highest BCUT2D eigenvalue weighted by Crippen LogP contribution is 2.46. The lowest BCUT2D eigenvalue weighted by molar-refractivity contribution is -0.132. The van der Waals surface area contributed by atoms with Crippen LogP contribution in [0, 0.1) is 6.92 Å². The topological polar surface area (TPSA) is 102 Å². The molecule has 10 heteroatoms. The molecular weight excluding hydrogens is 607 g/mol. The number of Topliss-reactive ketones (excluding diaryl/α,β-unsaturated/α-hetero) is 1. The van der Waals surface area contributed by atoms with E-state index in [0.29, 0.717) is 45.9 Å². The Labute approximate surface area is 269 Å². The zero-order valence-electron chi connectivity index (χ0n) is 25.0. The molecule has 1 aliphatic heterocycles. The summed E-state index contributed by atoms with van der Waals surface area (Å²) in [5.74, 6) is -0.180. The number of carbonyl (C=O) groups excluding carboxylic acids is 2. The minimum absolute atomic E-state index is 0.0318. The number of anilines is 1. The molecule has 2 heterocycles. The molecule has 1 atom stereocenters. The predicted octanol–water partition coefficient (Wildman–Crippen LogP) is 7.72.